The molecule has 1 aliphatic carbocycles. The highest BCUT2D eigenvalue weighted by Crippen LogP contribution is 2.50. The van der Waals surface area contributed by atoms with Crippen molar-refractivity contribution in [1.29, 1.82) is 5.41 Å². The quantitative estimate of drug-likeness (QED) is 0.217. The number of aliphatic imine (C=N–C) groups is 1. The van der Waals surface area contributed by atoms with Crippen LogP contribution in [0.3, 0.4) is 0 Å². The molecule has 0 amide bonds. The second-order valence-electron chi connectivity index (χ2n) is 11.4. The van der Waals surface area contributed by atoms with E-state index < -0.39 is 0 Å². The predicted molar refractivity (Wildman–Crippen MR) is 170 cm³/mol. The molecule has 0 saturated carbocycles. The van der Waals surface area contributed by atoms with Crippen molar-refractivity contribution in [1.82, 2.24) is 9.88 Å². The molecule has 2 aliphatic rings. The maximum atomic E-state index is 8.84. The largest absolute Gasteiger partial charge is 0.325 e. The van der Waals surface area contributed by atoms with E-state index in [0.29, 0.717) is 5.71 Å². The number of para-hydroxylation sites is 2. The van der Waals surface area contributed by atoms with Gasteiger partial charge in [-0.15, -0.1) is 0 Å². The van der Waals surface area contributed by atoms with Gasteiger partial charge in [0.2, 0.25) is 5.96 Å². The van der Waals surface area contributed by atoms with Crippen LogP contribution in [0, 0.1) is 5.41 Å². The van der Waals surface area contributed by atoms with Crippen LogP contribution in [0.4, 0.5) is 5.69 Å². The number of allylic oxidation sites excluding steroid dienone is 1. The average Bonchev–Trinajstić information content (AvgIpc) is 3.45. The van der Waals surface area contributed by atoms with Crippen LogP contribution in [-0.2, 0) is 5.41 Å². The summed E-state index contributed by atoms with van der Waals surface area (Å²) in [5.74, 6) is 0.729. The molecule has 6 aromatic rings. The first-order chi connectivity index (χ1) is 20.0. The van der Waals surface area contributed by atoms with Crippen LogP contribution in [-0.4, -0.2) is 16.2 Å². The summed E-state index contributed by atoms with van der Waals surface area (Å²) in [6.07, 6.45) is 1.91. The van der Waals surface area contributed by atoms with Crippen molar-refractivity contribution in [3.63, 3.8) is 0 Å². The lowest BCUT2D eigenvalue weighted by Crippen LogP contribution is -2.31. The van der Waals surface area contributed by atoms with Gasteiger partial charge in [-0.3, -0.25) is 4.57 Å². The number of benzene rings is 5. The smallest absolute Gasteiger partial charge is 0.213 e. The Bertz CT molecular complexity index is 2110. The van der Waals surface area contributed by atoms with Crippen molar-refractivity contribution in [3.8, 4) is 11.1 Å². The summed E-state index contributed by atoms with van der Waals surface area (Å²) in [5.41, 5.74) is 11.5. The van der Waals surface area contributed by atoms with E-state index in [4.69, 9.17) is 10.4 Å². The third kappa shape index (κ3) is 3.47. The van der Waals surface area contributed by atoms with E-state index in [2.05, 4.69) is 90.5 Å². The van der Waals surface area contributed by atoms with Gasteiger partial charge in [0.15, 0.2) is 0 Å². The normalized spacial score (nSPS) is 15.8. The Morgan fingerprint density at radius 2 is 1.41 bits per heavy atom. The number of hydrogen-bond acceptors (Lipinski definition) is 3. The molecule has 4 nitrogen and oxygen atoms in total. The molecule has 1 aromatic heterocycles. The Morgan fingerprint density at radius 1 is 0.707 bits per heavy atom. The molecular formula is C37H28N4. The zero-order valence-corrected chi connectivity index (χ0v) is 22.9. The lowest BCUT2D eigenvalue weighted by Gasteiger charge is -2.23. The van der Waals surface area contributed by atoms with E-state index in [-0.39, 0.29) is 5.41 Å². The van der Waals surface area contributed by atoms with E-state index in [0.717, 1.165) is 39.5 Å². The molecule has 196 valence electrons. The fraction of sp³-hybridized carbons (Fsp3) is 0.0811. The maximum Gasteiger partial charge on any atom is 0.213 e. The molecule has 0 fully saturated rings. The van der Waals surface area contributed by atoms with Gasteiger partial charge in [0, 0.05) is 21.8 Å². The van der Waals surface area contributed by atoms with Gasteiger partial charge in [-0.2, -0.15) is 0 Å². The molecule has 0 atom stereocenters. The van der Waals surface area contributed by atoms with Gasteiger partial charge in [-0.05, 0) is 58.2 Å². The summed E-state index contributed by atoms with van der Waals surface area (Å²) in [7, 11) is 0. The Balaban J connectivity index is 1.37. The first-order valence-corrected chi connectivity index (χ1v) is 14.0. The SMILES string of the molecule is CC1(C)c2ccccc2-c2cc3c(cc21)c1ccccc1n3C1=Nc2ccccc2/C(=C/C(=N)c2ccccc2)N1. The van der Waals surface area contributed by atoms with Gasteiger partial charge in [0.25, 0.3) is 0 Å². The second kappa shape index (κ2) is 8.64. The van der Waals surface area contributed by atoms with Gasteiger partial charge in [0.1, 0.15) is 0 Å². The number of rotatable bonds is 2. The van der Waals surface area contributed by atoms with Crippen molar-refractivity contribution >= 4 is 44.9 Å². The van der Waals surface area contributed by atoms with E-state index in [1.165, 1.54) is 33.0 Å². The standard InChI is InChI=1S/C37H28N4/c1-37(2)29-17-9-6-14-24(29)27-21-35-28(20-30(27)37)25-15-8-11-19-34(25)41(35)36-39-32-18-10-7-16-26(32)33(40-36)22-31(38)23-12-4-3-5-13-23/h3-22,38H,1-2H3,(H,39,40)/b33-22-,38-31?. The van der Waals surface area contributed by atoms with Crippen LogP contribution in [0.1, 0.15) is 36.1 Å². The lowest BCUT2D eigenvalue weighted by atomic mass is 9.82. The third-order valence-corrected chi connectivity index (χ3v) is 8.63. The Hall–Kier alpha value is -5.22. The highest BCUT2D eigenvalue weighted by Gasteiger charge is 2.36. The minimum absolute atomic E-state index is 0.0728. The molecule has 0 unspecified atom stereocenters. The zero-order valence-electron chi connectivity index (χ0n) is 22.9. The number of fused-ring (bicyclic) bond motifs is 7. The number of nitrogens with one attached hydrogen (secondary N) is 2. The van der Waals surface area contributed by atoms with Crippen molar-refractivity contribution in [2.24, 2.45) is 4.99 Å². The lowest BCUT2D eigenvalue weighted by molar-refractivity contribution is 0.661. The maximum absolute atomic E-state index is 8.84. The van der Waals surface area contributed by atoms with Gasteiger partial charge in [-0.1, -0.05) is 105 Å². The monoisotopic (exact) mass is 528 g/mol. The molecule has 0 bridgehead atoms. The third-order valence-electron chi connectivity index (χ3n) is 8.63. The summed E-state index contributed by atoms with van der Waals surface area (Å²) in [4.78, 5) is 5.14. The summed E-state index contributed by atoms with van der Waals surface area (Å²) in [6.45, 7) is 4.65. The molecule has 8 rings (SSSR count). The molecule has 0 saturated heterocycles. The minimum Gasteiger partial charge on any atom is -0.325 e. The summed E-state index contributed by atoms with van der Waals surface area (Å²) in [6, 6.07) is 40.1. The first kappa shape index (κ1) is 23.6. The van der Waals surface area contributed by atoms with E-state index in [9.17, 15) is 0 Å². The molecule has 41 heavy (non-hydrogen) atoms. The van der Waals surface area contributed by atoms with Crippen LogP contribution >= 0.6 is 0 Å². The average molecular weight is 529 g/mol. The van der Waals surface area contributed by atoms with Crippen LogP contribution in [0.5, 0.6) is 0 Å². The fourth-order valence-corrected chi connectivity index (χ4v) is 6.59. The topological polar surface area (TPSA) is 53.2 Å². The number of hydrogen-bond donors (Lipinski definition) is 2. The van der Waals surface area contributed by atoms with Crippen LogP contribution in [0.15, 0.2) is 126 Å². The molecule has 0 radical (unpaired) electrons. The number of nitrogens with zero attached hydrogens (tertiary/aromatic N) is 2. The summed E-state index contributed by atoms with van der Waals surface area (Å²) in [5, 5.41) is 14.9. The molecule has 0 spiro atoms. The van der Waals surface area contributed by atoms with E-state index >= 15 is 0 Å². The van der Waals surface area contributed by atoms with E-state index in [1.807, 2.05) is 54.6 Å². The van der Waals surface area contributed by atoms with Crippen LogP contribution < -0.4 is 5.32 Å². The van der Waals surface area contributed by atoms with Crippen molar-refractivity contribution in [2.45, 2.75) is 19.3 Å². The highest BCUT2D eigenvalue weighted by molar-refractivity contribution is 6.18. The van der Waals surface area contributed by atoms with Crippen LogP contribution in [0.25, 0.3) is 38.6 Å². The minimum atomic E-state index is -0.0728. The zero-order chi connectivity index (χ0) is 27.7. The van der Waals surface area contributed by atoms with Crippen molar-refractivity contribution < 1.29 is 0 Å². The van der Waals surface area contributed by atoms with Gasteiger partial charge < -0.3 is 10.7 Å². The predicted octanol–water partition coefficient (Wildman–Crippen LogP) is 8.65. The summed E-state index contributed by atoms with van der Waals surface area (Å²) >= 11 is 0. The number of aromatic nitrogens is 1. The van der Waals surface area contributed by atoms with Crippen molar-refractivity contribution in [3.05, 3.63) is 144 Å². The first-order valence-electron chi connectivity index (χ1n) is 14.0. The molecule has 5 aromatic carbocycles. The molecular weight excluding hydrogens is 500 g/mol. The van der Waals surface area contributed by atoms with Crippen molar-refractivity contribution in [2.75, 3.05) is 0 Å². The Morgan fingerprint density at radius 3 is 2.27 bits per heavy atom. The Labute approximate surface area is 238 Å². The van der Waals surface area contributed by atoms with Gasteiger partial charge in [-0.25, -0.2) is 4.99 Å². The molecule has 4 heteroatoms. The molecule has 2 heterocycles. The second-order valence-corrected chi connectivity index (χ2v) is 11.4. The van der Waals surface area contributed by atoms with E-state index in [1.54, 1.807) is 0 Å². The molecule has 1 aliphatic heterocycles. The van der Waals surface area contributed by atoms with Gasteiger partial charge in [0.05, 0.1) is 28.1 Å². The summed E-state index contributed by atoms with van der Waals surface area (Å²) < 4.78 is 2.24. The van der Waals surface area contributed by atoms with Crippen LogP contribution in [0.2, 0.25) is 0 Å². The highest BCUT2D eigenvalue weighted by atomic mass is 15.2. The van der Waals surface area contributed by atoms with Gasteiger partial charge >= 0.3 is 0 Å². The fourth-order valence-electron chi connectivity index (χ4n) is 6.59. The molecule has 2 N–H and O–H groups in total. The Kier molecular flexibility index (Phi) is 4.98.